The van der Waals surface area contributed by atoms with E-state index in [2.05, 4.69) is 36.1 Å². The average molecular weight is 806 g/mol. The smallest absolute Gasteiger partial charge is 0.274 e. The van der Waals surface area contributed by atoms with Gasteiger partial charge in [0.2, 0.25) is 11.8 Å². The summed E-state index contributed by atoms with van der Waals surface area (Å²) in [6, 6.07) is 11.5. The quantitative estimate of drug-likeness (QED) is 0.330. The molecule has 0 radical (unpaired) electrons. The Bertz CT molecular complexity index is 2180. The maximum Gasteiger partial charge on any atom is 0.274 e. The maximum absolute atomic E-state index is 13.4. The van der Waals surface area contributed by atoms with Crippen LogP contribution in [0.2, 0.25) is 5.02 Å². The van der Waals surface area contributed by atoms with E-state index in [1.165, 1.54) is 0 Å². The van der Waals surface area contributed by atoms with E-state index in [-0.39, 0.29) is 24.9 Å². The van der Waals surface area contributed by atoms with Crippen LogP contribution < -0.4 is 19.9 Å². The molecule has 58 heavy (non-hydrogen) atoms. The predicted octanol–water partition coefficient (Wildman–Crippen LogP) is 3.37. The second-order valence-corrected chi connectivity index (χ2v) is 16.8. The Hall–Kier alpha value is -5.59. The lowest BCUT2D eigenvalue weighted by atomic mass is 9.96. The fourth-order valence-electron chi connectivity index (χ4n) is 9.67. The van der Waals surface area contributed by atoms with E-state index in [9.17, 15) is 24.0 Å². The Morgan fingerprint density at radius 1 is 0.862 bits per heavy atom. The number of aromatic nitrogens is 2. The molecule has 15 nitrogen and oxygen atoms in total. The van der Waals surface area contributed by atoms with Gasteiger partial charge in [0.15, 0.2) is 0 Å². The van der Waals surface area contributed by atoms with E-state index in [1.807, 2.05) is 11.0 Å². The molecule has 4 saturated heterocycles. The van der Waals surface area contributed by atoms with Gasteiger partial charge < -0.3 is 19.4 Å². The maximum atomic E-state index is 13.4. The number of piperidine rings is 2. The van der Waals surface area contributed by atoms with E-state index in [0.29, 0.717) is 64.0 Å². The summed E-state index contributed by atoms with van der Waals surface area (Å²) in [5, 5.41) is 11.8. The van der Waals surface area contributed by atoms with Crippen LogP contribution in [0, 0.1) is 29.1 Å². The van der Waals surface area contributed by atoms with Crippen molar-refractivity contribution in [3.63, 3.8) is 0 Å². The van der Waals surface area contributed by atoms with Gasteiger partial charge in [-0.1, -0.05) is 11.6 Å². The molecule has 1 N–H and O–H groups in total. The van der Waals surface area contributed by atoms with Crippen molar-refractivity contribution in [3.05, 3.63) is 76.2 Å². The summed E-state index contributed by atoms with van der Waals surface area (Å²) in [5.41, 5.74) is 2.26. The molecular formula is C42H44ClN9O6. The highest BCUT2D eigenvalue weighted by Gasteiger charge is 2.46. The normalized spacial score (nSPS) is 25.2. The molecule has 1 saturated carbocycles. The molecule has 0 spiro atoms. The number of amides is 5. The molecular weight excluding hydrogens is 762 g/mol. The van der Waals surface area contributed by atoms with Gasteiger partial charge in [0.1, 0.15) is 29.4 Å². The molecule has 1 aromatic heterocycles. The van der Waals surface area contributed by atoms with Crippen molar-refractivity contribution < 1.29 is 28.7 Å². The van der Waals surface area contributed by atoms with Crippen molar-refractivity contribution in [1.29, 1.82) is 5.26 Å². The summed E-state index contributed by atoms with van der Waals surface area (Å²) in [6.07, 6.45) is 7.41. The van der Waals surface area contributed by atoms with Crippen LogP contribution in [-0.4, -0.2) is 125 Å². The number of rotatable bonds is 8. The van der Waals surface area contributed by atoms with Gasteiger partial charge in [-0.05, 0) is 80.2 Å². The SMILES string of the molecule is N#Cc1ccc(OC2C[C@@H]3CN(C(=O)c4cnc(N5CCC(CN6CCN(c7ccc8c(c7)C(=O)N(C7CCC(=O)NC7=O)C8=O)CC6)CC5)cn4)C[C@@H]3C2)cc1Cl. The van der Waals surface area contributed by atoms with Crippen LogP contribution in [0.15, 0.2) is 48.8 Å². The number of nitriles is 1. The largest absolute Gasteiger partial charge is 0.490 e. The Morgan fingerprint density at radius 2 is 1.60 bits per heavy atom. The number of ether oxygens (including phenoxy) is 1. The molecule has 2 aromatic carbocycles. The molecule has 5 fully saturated rings. The fraction of sp³-hybridized carbons (Fsp3) is 0.476. The van der Waals surface area contributed by atoms with E-state index >= 15 is 0 Å². The average Bonchev–Trinajstić information content (AvgIpc) is 3.88. The lowest BCUT2D eigenvalue weighted by molar-refractivity contribution is -0.136. The highest BCUT2D eigenvalue weighted by molar-refractivity contribution is 6.31. The Morgan fingerprint density at radius 3 is 2.28 bits per heavy atom. The molecule has 0 bridgehead atoms. The van der Waals surface area contributed by atoms with Crippen molar-refractivity contribution in [2.75, 3.05) is 68.7 Å². The third kappa shape index (κ3) is 7.35. The molecule has 9 rings (SSSR count). The van der Waals surface area contributed by atoms with Gasteiger partial charge in [-0.3, -0.25) is 39.1 Å². The molecule has 16 heteroatoms. The zero-order valence-electron chi connectivity index (χ0n) is 32.0. The van der Waals surface area contributed by atoms with Crippen LogP contribution in [-0.2, 0) is 9.59 Å². The number of likely N-dealkylation sites (tertiary alicyclic amines) is 1. The first kappa shape index (κ1) is 38.0. The van der Waals surface area contributed by atoms with Crippen LogP contribution in [0.3, 0.4) is 0 Å². The number of halogens is 1. The minimum absolute atomic E-state index is 0.0545. The van der Waals surface area contributed by atoms with Crippen molar-refractivity contribution in [2.45, 2.75) is 50.7 Å². The number of carbonyl (C=O) groups is 5. The first-order valence-electron chi connectivity index (χ1n) is 20.2. The third-order valence-corrected chi connectivity index (χ3v) is 13.1. The highest BCUT2D eigenvalue weighted by atomic mass is 35.5. The highest BCUT2D eigenvalue weighted by Crippen LogP contribution is 2.41. The molecule has 6 heterocycles. The number of benzene rings is 2. The van der Waals surface area contributed by atoms with Gasteiger partial charge in [-0.2, -0.15) is 5.26 Å². The van der Waals surface area contributed by atoms with Crippen molar-refractivity contribution in [3.8, 4) is 11.8 Å². The summed E-state index contributed by atoms with van der Waals surface area (Å²) < 4.78 is 6.18. The molecule has 5 aliphatic heterocycles. The number of imide groups is 2. The zero-order valence-corrected chi connectivity index (χ0v) is 32.8. The van der Waals surface area contributed by atoms with Gasteiger partial charge in [-0.15, -0.1) is 0 Å². The third-order valence-electron chi connectivity index (χ3n) is 12.8. The topological polar surface area (TPSA) is 172 Å². The minimum atomic E-state index is -0.976. The molecule has 2 unspecified atom stereocenters. The number of fused-ring (bicyclic) bond motifs is 2. The van der Waals surface area contributed by atoms with Crippen LogP contribution >= 0.6 is 11.6 Å². The number of nitrogens with zero attached hydrogens (tertiary/aromatic N) is 8. The minimum Gasteiger partial charge on any atom is -0.490 e. The predicted molar refractivity (Wildman–Crippen MR) is 211 cm³/mol. The van der Waals surface area contributed by atoms with Gasteiger partial charge in [-0.25, -0.2) is 9.97 Å². The zero-order chi connectivity index (χ0) is 40.1. The fourth-order valence-corrected chi connectivity index (χ4v) is 9.88. The number of piperazine rings is 1. The molecule has 4 atom stereocenters. The van der Waals surface area contributed by atoms with Gasteiger partial charge in [0.05, 0.1) is 40.2 Å². The first-order chi connectivity index (χ1) is 28.1. The Labute approximate surface area is 340 Å². The molecule has 3 aromatic rings. The van der Waals surface area contributed by atoms with Crippen LogP contribution in [0.4, 0.5) is 11.5 Å². The lowest BCUT2D eigenvalue weighted by Gasteiger charge is -2.39. The summed E-state index contributed by atoms with van der Waals surface area (Å²) in [4.78, 5) is 83.0. The molecule has 1 aliphatic carbocycles. The van der Waals surface area contributed by atoms with Crippen molar-refractivity contribution in [1.82, 2.24) is 30.0 Å². The standard InChI is InChI=1S/C42H44ClN9O6/c43-34-18-30(3-1-26(34)19-44)58-31-15-27-23-51(24-28(27)16-31)42(57)35-20-46-37(21-45-35)50-9-7-25(8-10-50)22-48-11-13-49(14-12-48)29-2-4-32-33(17-29)41(56)52(40(32)55)36-5-6-38(53)47-39(36)54/h1-4,17-18,20-21,25,27-28,31,36H,5-16,22-24H2,(H,47,53,54)/t27-,28+,31?,36?. The van der Waals surface area contributed by atoms with E-state index in [1.54, 1.807) is 42.7 Å². The van der Waals surface area contributed by atoms with Crippen molar-refractivity contribution in [2.24, 2.45) is 17.8 Å². The molecule has 300 valence electrons. The number of nitrogens with one attached hydrogen (secondary N) is 1. The van der Waals surface area contributed by atoms with Crippen molar-refractivity contribution >= 4 is 52.6 Å². The lowest BCUT2D eigenvalue weighted by Crippen LogP contribution is -2.54. The van der Waals surface area contributed by atoms with Crippen LogP contribution in [0.1, 0.15) is 75.3 Å². The number of hydrogen-bond acceptors (Lipinski definition) is 12. The summed E-state index contributed by atoms with van der Waals surface area (Å²) in [7, 11) is 0. The van der Waals surface area contributed by atoms with E-state index < -0.39 is 29.7 Å². The van der Waals surface area contributed by atoms with E-state index in [0.717, 1.165) is 87.9 Å². The number of hydrogen-bond donors (Lipinski definition) is 1. The monoisotopic (exact) mass is 805 g/mol. The Kier molecular flexibility index (Phi) is 10.2. The van der Waals surface area contributed by atoms with Crippen LogP contribution in [0.25, 0.3) is 0 Å². The van der Waals surface area contributed by atoms with E-state index in [4.69, 9.17) is 21.6 Å². The summed E-state index contributed by atoms with van der Waals surface area (Å²) >= 11 is 6.18. The molecule has 5 amide bonds. The van der Waals surface area contributed by atoms with Gasteiger partial charge in [0, 0.05) is 77.1 Å². The first-order valence-corrected chi connectivity index (χ1v) is 20.5. The van der Waals surface area contributed by atoms with Gasteiger partial charge >= 0.3 is 0 Å². The number of anilines is 2. The second-order valence-electron chi connectivity index (χ2n) is 16.4. The second kappa shape index (κ2) is 15.6. The number of carbonyl (C=O) groups excluding carboxylic acids is 5. The van der Waals surface area contributed by atoms with Gasteiger partial charge in [0.25, 0.3) is 17.7 Å². The summed E-state index contributed by atoms with van der Waals surface area (Å²) in [6.45, 7) is 7.45. The molecule has 6 aliphatic rings. The van der Waals surface area contributed by atoms with Crippen LogP contribution in [0.5, 0.6) is 5.75 Å². The Balaban J connectivity index is 0.709. The summed E-state index contributed by atoms with van der Waals surface area (Å²) in [5.74, 6) is 0.672.